The molecule has 0 radical (unpaired) electrons. The van der Waals surface area contributed by atoms with Gasteiger partial charge in [-0.2, -0.15) is 0 Å². The van der Waals surface area contributed by atoms with Gasteiger partial charge in [0.25, 0.3) is 0 Å². The minimum atomic E-state index is -0.193. The van der Waals surface area contributed by atoms with Crippen LogP contribution in [0.1, 0.15) is 24.8 Å². The van der Waals surface area contributed by atoms with Gasteiger partial charge in [-0.25, -0.2) is 0 Å². The van der Waals surface area contributed by atoms with Crippen molar-refractivity contribution >= 4 is 16.7 Å². The molecule has 1 heterocycles. The minimum Gasteiger partial charge on any atom is -0.490 e. The van der Waals surface area contributed by atoms with Crippen LogP contribution in [0.2, 0.25) is 0 Å². The highest BCUT2D eigenvalue weighted by molar-refractivity contribution is 5.89. The third-order valence-corrected chi connectivity index (χ3v) is 3.80. The van der Waals surface area contributed by atoms with Gasteiger partial charge in [-0.3, -0.25) is 4.79 Å². The maximum atomic E-state index is 11.6. The molecule has 3 rings (SSSR count). The number of methoxy groups -OCH3 is 1. The number of esters is 1. The lowest BCUT2D eigenvalue weighted by Crippen LogP contribution is -2.18. The monoisotopic (exact) mass is 256 g/mol. The molecule has 3 nitrogen and oxygen atoms in total. The topological polar surface area (TPSA) is 35.5 Å². The van der Waals surface area contributed by atoms with Crippen molar-refractivity contribution in [1.82, 2.24) is 0 Å². The van der Waals surface area contributed by atoms with Crippen molar-refractivity contribution in [2.45, 2.75) is 25.4 Å². The first-order chi connectivity index (χ1) is 9.20. The summed E-state index contributed by atoms with van der Waals surface area (Å²) in [6.45, 7) is 2.00. The van der Waals surface area contributed by atoms with Crippen LogP contribution >= 0.6 is 0 Å². The summed E-state index contributed by atoms with van der Waals surface area (Å²) in [5.41, 5.74) is 1.14. The molecular weight excluding hydrogens is 240 g/mol. The second-order valence-corrected chi connectivity index (χ2v) is 4.91. The quantitative estimate of drug-likeness (QED) is 0.774. The van der Waals surface area contributed by atoms with Crippen molar-refractivity contribution in [1.29, 1.82) is 0 Å². The zero-order valence-electron chi connectivity index (χ0n) is 11.1. The Hall–Kier alpha value is -2.03. The van der Waals surface area contributed by atoms with Crippen LogP contribution < -0.4 is 4.74 Å². The fraction of sp³-hybridized carbons (Fsp3) is 0.312. The summed E-state index contributed by atoms with van der Waals surface area (Å²) in [5.74, 6) is 0.759. The van der Waals surface area contributed by atoms with Crippen molar-refractivity contribution in [2.24, 2.45) is 0 Å². The molecule has 2 atom stereocenters. The van der Waals surface area contributed by atoms with Crippen molar-refractivity contribution in [2.75, 3.05) is 7.11 Å². The van der Waals surface area contributed by atoms with Gasteiger partial charge in [-0.15, -0.1) is 0 Å². The van der Waals surface area contributed by atoms with Crippen LogP contribution in [-0.4, -0.2) is 19.2 Å². The molecule has 0 N–H and O–H groups in total. The Balaban J connectivity index is 2.12. The lowest BCUT2D eigenvalue weighted by Gasteiger charge is -2.14. The van der Waals surface area contributed by atoms with E-state index in [0.29, 0.717) is 6.42 Å². The largest absolute Gasteiger partial charge is 0.490 e. The number of fused-ring (bicyclic) bond motifs is 3. The molecule has 19 heavy (non-hydrogen) atoms. The van der Waals surface area contributed by atoms with Crippen LogP contribution in [0, 0.1) is 0 Å². The van der Waals surface area contributed by atoms with Crippen LogP contribution in [0.3, 0.4) is 0 Å². The summed E-state index contributed by atoms with van der Waals surface area (Å²) in [6.07, 6.45) is 0.360. The molecule has 98 valence electrons. The van der Waals surface area contributed by atoms with Crippen molar-refractivity contribution in [3.63, 3.8) is 0 Å². The lowest BCUT2D eigenvalue weighted by atomic mass is 9.89. The van der Waals surface area contributed by atoms with Crippen molar-refractivity contribution in [3.05, 3.63) is 42.0 Å². The molecule has 0 aromatic heterocycles. The first-order valence-electron chi connectivity index (χ1n) is 6.46. The van der Waals surface area contributed by atoms with Crippen LogP contribution in [0.5, 0.6) is 5.75 Å². The van der Waals surface area contributed by atoms with Crippen molar-refractivity contribution in [3.8, 4) is 5.75 Å². The summed E-state index contributed by atoms with van der Waals surface area (Å²) in [5, 5.41) is 2.34. The van der Waals surface area contributed by atoms with E-state index in [-0.39, 0.29) is 18.0 Å². The van der Waals surface area contributed by atoms with E-state index in [9.17, 15) is 4.79 Å². The third-order valence-electron chi connectivity index (χ3n) is 3.80. The molecule has 0 aliphatic carbocycles. The number of rotatable bonds is 2. The Morgan fingerprint density at radius 2 is 2.05 bits per heavy atom. The second-order valence-electron chi connectivity index (χ2n) is 4.91. The molecule has 0 bridgehead atoms. The van der Waals surface area contributed by atoms with Crippen LogP contribution in [0.15, 0.2) is 36.4 Å². The molecule has 1 aliphatic heterocycles. The smallest absolute Gasteiger partial charge is 0.306 e. The highest BCUT2D eigenvalue weighted by atomic mass is 16.5. The number of carbonyl (C=O) groups excluding carboxylic acids is 1. The molecule has 0 unspecified atom stereocenters. The molecule has 2 aromatic rings. The SMILES string of the molecule is COC(=O)C[C@@H]1c2c(ccc3ccccc23)O[C@H]1C. The maximum absolute atomic E-state index is 11.6. The van der Waals surface area contributed by atoms with Crippen LogP contribution in [0.25, 0.3) is 10.8 Å². The highest BCUT2D eigenvalue weighted by Gasteiger charge is 2.34. The predicted octanol–water partition coefficient (Wildman–Crippen LogP) is 3.27. The van der Waals surface area contributed by atoms with Gasteiger partial charge in [0.15, 0.2) is 0 Å². The Kier molecular flexibility index (Phi) is 2.90. The fourth-order valence-electron chi connectivity index (χ4n) is 2.81. The van der Waals surface area contributed by atoms with E-state index in [1.807, 2.05) is 25.1 Å². The zero-order chi connectivity index (χ0) is 13.4. The number of hydrogen-bond donors (Lipinski definition) is 0. The van der Waals surface area contributed by atoms with E-state index >= 15 is 0 Å². The highest BCUT2D eigenvalue weighted by Crippen LogP contribution is 2.44. The Morgan fingerprint density at radius 3 is 2.84 bits per heavy atom. The van der Waals surface area contributed by atoms with E-state index in [2.05, 4.69) is 18.2 Å². The van der Waals surface area contributed by atoms with Gasteiger partial charge in [0.1, 0.15) is 11.9 Å². The van der Waals surface area contributed by atoms with Gasteiger partial charge in [0.05, 0.1) is 13.5 Å². The average molecular weight is 256 g/mol. The Bertz CT molecular complexity index is 633. The van der Waals surface area contributed by atoms with Gasteiger partial charge in [-0.05, 0) is 23.8 Å². The standard InChI is InChI=1S/C16H16O3/c1-10-13(9-15(17)18-2)16-12-6-4-3-5-11(12)7-8-14(16)19-10/h3-8,10,13H,9H2,1-2H3/t10-,13-/m0/s1. The Morgan fingerprint density at radius 1 is 1.26 bits per heavy atom. The fourth-order valence-corrected chi connectivity index (χ4v) is 2.81. The molecular formula is C16H16O3. The Labute approximate surface area is 112 Å². The number of benzene rings is 2. The van der Waals surface area contributed by atoms with E-state index in [0.717, 1.165) is 11.3 Å². The average Bonchev–Trinajstić information content (AvgIpc) is 2.75. The summed E-state index contributed by atoms with van der Waals surface area (Å²) in [4.78, 5) is 11.6. The molecule has 0 saturated carbocycles. The van der Waals surface area contributed by atoms with Gasteiger partial charge >= 0.3 is 5.97 Å². The number of carbonyl (C=O) groups is 1. The first-order valence-corrected chi connectivity index (χ1v) is 6.46. The molecule has 1 aliphatic rings. The van der Waals surface area contributed by atoms with Crippen LogP contribution in [0.4, 0.5) is 0 Å². The van der Waals surface area contributed by atoms with Crippen molar-refractivity contribution < 1.29 is 14.3 Å². The van der Waals surface area contributed by atoms with Gasteiger partial charge in [0.2, 0.25) is 0 Å². The molecule has 0 amide bonds. The molecule has 0 saturated heterocycles. The number of hydrogen-bond acceptors (Lipinski definition) is 3. The normalized spacial score (nSPS) is 20.9. The van der Waals surface area contributed by atoms with E-state index in [1.54, 1.807) is 0 Å². The minimum absolute atomic E-state index is 0.0000869. The molecule has 0 spiro atoms. The molecule has 3 heteroatoms. The van der Waals surface area contributed by atoms with Gasteiger partial charge in [0, 0.05) is 11.5 Å². The van der Waals surface area contributed by atoms with E-state index in [4.69, 9.17) is 9.47 Å². The summed E-state index contributed by atoms with van der Waals surface area (Å²) in [7, 11) is 1.42. The first kappa shape index (κ1) is 12.0. The second kappa shape index (κ2) is 4.57. The van der Waals surface area contributed by atoms with Crippen LogP contribution in [-0.2, 0) is 9.53 Å². The lowest BCUT2D eigenvalue weighted by molar-refractivity contribution is -0.141. The van der Waals surface area contributed by atoms with E-state index < -0.39 is 0 Å². The summed E-state index contributed by atoms with van der Waals surface area (Å²) < 4.78 is 10.7. The predicted molar refractivity (Wildman–Crippen MR) is 73.4 cm³/mol. The van der Waals surface area contributed by atoms with Gasteiger partial charge < -0.3 is 9.47 Å². The summed E-state index contributed by atoms with van der Waals surface area (Å²) >= 11 is 0. The van der Waals surface area contributed by atoms with E-state index in [1.165, 1.54) is 17.9 Å². The van der Waals surface area contributed by atoms with Gasteiger partial charge in [-0.1, -0.05) is 30.3 Å². The third kappa shape index (κ3) is 1.95. The maximum Gasteiger partial charge on any atom is 0.306 e. The molecule has 0 fully saturated rings. The summed E-state index contributed by atoms with van der Waals surface area (Å²) in [6, 6.07) is 12.2. The zero-order valence-corrected chi connectivity index (χ0v) is 11.1. The number of ether oxygens (including phenoxy) is 2. The molecule has 2 aromatic carbocycles.